The predicted octanol–water partition coefficient (Wildman–Crippen LogP) is 3.86. The lowest BCUT2D eigenvalue weighted by Gasteiger charge is -2.02. The van der Waals surface area contributed by atoms with Crippen molar-refractivity contribution in [3.05, 3.63) is 36.8 Å². The van der Waals surface area contributed by atoms with Gasteiger partial charge in [-0.2, -0.15) is 0 Å². The molecule has 0 saturated heterocycles. The fourth-order valence-corrected chi connectivity index (χ4v) is 1.70. The number of hydrogen-bond acceptors (Lipinski definition) is 2. The first-order valence-electron chi connectivity index (χ1n) is 3.23. The second kappa shape index (κ2) is 3.70. The van der Waals surface area contributed by atoms with Crippen molar-refractivity contribution >= 4 is 40.5 Å². The molecule has 3 nitrogen and oxygen atoms in total. The van der Waals surface area contributed by atoms with E-state index in [1.54, 1.807) is 6.92 Å². The van der Waals surface area contributed by atoms with Gasteiger partial charge in [0.1, 0.15) is 5.02 Å². The number of nitro groups is 1. The van der Waals surface area contributed by atoms with Crippen LogP contribution in [0.3, 0.4) is 0 Å². The molecule has 0 atom stereocenters. The number of nitrogens with zero attached hydrogens (tertiary/aromatic N) is 1. The highest BCUT2D eigenvalue weighted by molar-refractivity contribution is 6.49. The summed E-state index contributed by atoms with van der Waals surface area (Å²) in [5, 5.41) is 10.6. The largest absolute Gasteiger partial charge is 0.292 e. The third kappa shape index (κ3) is 1.88. The molecule has 0 amide bonds. The normalized spacial score (nSPS) is 10.2. The average Bonchev–Trinajstić information content (AvgIpc) is 1.99. The fourth-order valence-electron chi connectivity index (χ4n) is 0.928. The van der Waals surface area contributed by atoms with Gasteiger partial charge in [-0.1, -0.05) is 34.8 Å². The first-order chi connectivity index (χ1) is 5.95. The number of rotatable bonds is 1. The van der Waals surface area contributed by atoms with Crippen molar-refractivity contribution < 1.29 is 4.92 Å². The number of aryl methyl sites for hydroxylation is 1. The van der Waals surface area contributed by atoms with Crippen LogP contribution in [0.1, 0.15) is 5.56 Å². The summed E-state index contributed by atoms with van der Waals surface area (Å²) in [7, 11) is 0. The maximum Gasteiger partial charge on any atom is 0.292 e. The molecule has 70 valence electrons. The van der Waals surface area contributed by atoms with Crippen LogP contribution < -0.4 is 0 Å². The Balaban J connectivity index is 3.53. The van der Waals surface area contributed by atoms with Crippen molar-refractivity contribution in [1.82, 2.24) is 0 Å². The summed E-state index contributed by atoms with van der Waals surface area (Å²) in [6, 6.07) is 1.41. The zero-order chi connectivity index (χ0) is 10.2. The van der Waals surface area contributed by atoms with E-state index in [9.17, 15) is 10.1 Å². The Bertz CT molecular complexity index is 378. The Kier molecular flexibility index (Phi) is 3.01. The maximum absolute atomic E-state index is 10.5. The van der Waals surface area contributed by atoms with Crippen molar-refractivity contribution in [3.63, 3.8) is 0 Å². The van der Waals surface area contributed by atoms with Crippen LogP contribution in [0.15, 0.2) is 6.07 Å². The Morgan fingerprint density at radius 2 is 1.85 bits per heavy atom. The molecule has 1 aromatic rings. The minimum atomic E-state index is -0.583. The molecule has 0 bridgehead atoms. The first kappa shape index (κ1) is 10.6. The van der Waals surface area contributed by atoms with Gasteiger partial charge in [0.15, 0.2) is 0 Å². The molecule has 0 aromatic heterocycles. The summed E-state index contributed by atoms with van der Waals surface area (Å²) in [4.78, 5) is 9.94. The van der Waals surface area contributed by atoms with Gasteiger partial charge >= 0.3 is 0 Å². The molecule has 0 aliphatic rings. The van der Waals surface area contributed by atoms with E-state index in [1.165, 1.54) is 6.07 Å². The first-order valence-corrected chi connectivity index (χ1v) is 4.37. The molecule has 0 aliphatic carbocycles. The molecule has 0 aliphatic heterocycles. The van der Waals surface area contributed by atoms with Gasteiger partial charge in [0.25, 0.3) is 5.69 Å². The van der Waals surface area contributed by atoms with E-state index < -0.39 is 4.92 Å². The van der Waals surface area contributed by atoms with E-state index in [4.69, 9.17) is 34.8 Å². The fraction of sp³-hybridized carbons (Fsp3) is 0.143. The molecular formula is C7H4Cl3NO2. The van der Waals surface area contributed by atoms with Gasteiger partial charge in [0, 0.05) is 5.56 Å². The highest BCUT2D eigenvalue weighted by Gasteiger charge is 2.21. The topological polar surface area (TPSA) is 43.1 Å². The van der Waals surface area contributed by atoms with E-state index in [0.717, 1.165) is 0 Å². The molecule has 0 radical (unpaired) electrons. The molecule has 6 heteroatoms. The molecule has 0 spiro atoms. The van der Waals surface area contributed by atoms with E-state index in [0.29, 0.717) is 5.56 Å². The number of halogens is 3. The molecule has 0 N–H and O–H groups in total. The van der Waals surface area contributed by atoms with Gasteiger partial charge in [-0.25, -0.2) is 0 Å². The number of benzene rings is 1. The van der Waals surface area contributed by atoms with Gasteiger partial charge in [0.05, 0.1) is 15.0 Å². The highest BCUT2D eigenvalue weighted by Crippen LogP contribution is 2.39. The van der Waals surface area contributed by atoms with E-state index in [-0.39, 0.29) is 20.8 Å². The molecule has 1 rings (SSSR count). The van der Waals surface area contributed by atoms with Crippen molar-refractivity contribution in [2.24, 2.45) is 0 Å². The number of hydrogen-bond donors (Lipinski definition) is 0. The predicted molar refractivity (Wildman–Crippen MR) is 52.9 cm³/mol. The lowest BCUT2D eigenvalue weighted by molar-refractivity contribution is -0.385. The van der Waals surface area contributed by atoms with E-state index in [1.807, 2.05) is 0 Å². The Morgan fingerprint density at radius 3 is 2.31 bits per heavy atom. The molecule has 0 unspecified atom stereocenters. The molecule has 13 heavy (non-hydrogen) atoms. The third-order valence-electron chi connectivity index (χ3n) is 1.51. The van der Waals surface area contributed by atoms with E-state index in [2.05, 4.69) is 0 Å². The molecule has 0 saturated carbocycles. The molecule has 0 fully saturated rings. The summed E-state index contributed by atoms with van der Waals surface area (Å²) in [5.41, 5.74) is 0.195. The van der Waals surface area contributed by atoms with Gasteiger partial charge in [-0.3, -0.25) is 10.1 Å². The molecule has 0 heterocycles. The van der Waals surface area contributed by atoms with Gasteiger partial charge in [-0.15, -0.1) is 0 Å². The molecule has 1 aromatic carbocycles. The minimum Gasteiger partial charge on any atom is -0.258 e. The summed E-state index contributed by atoms with van der Waals surface area (Å²) in [6.07, 6.45) is 0. The van der Waals surface area contributed by atoms with Crippen LogP contribution in [-0.4, -0.2) is 4.92 Å². The highest BCUT2D eigenvalue weighted by atomic mass is 35.5. The third-order valence-corrected chi connectivity index (χ3v) is 2.76. The Labute approximate surface area is 89.4 Å². The van der Waals surface area contributed by atoms with Crippen molar-refractivity contribution in [3.8, 4) is 0 Å². The average molecular weight is 240 g/mol. The van der Waals surface area contributed by atoms with Gasteiger partial charge < -0.3 is 0 Å². The minimum absolute atomic E-state index is 0.0145. The summed E-state index contributed by atoms with van der Waals surface area (Å²) >= 11 is 16.9. The van der Waals surface area contributed by atoms with Crippen LogP contribution in [-0.2, 0) is 0 Å². The molecular weight excluding hydrogens is 236 g/mol. The van der Waals surface area contributed by atoms with Crippen molar-refractivity contribution in [2.45, 2.75) is 6.92 Å². The monoisotopic (exact) mass is 239 g/mol. The van der Waals surface area contributed by atoms with Gasteiger partial charge in [0.2, 0.25) is 0 Å². The zero-order valence-electron chi connectivity index (χ0n) is 6.47. The second-order valence-electron chi connectivity index (χ2n) is 2.41. The smallest absolute Gasteiger partial charge is 0.258 e. The summed E-state index contributed by atoms with van der Waals surface area (Å²) < 4.78 is 0. The lowest BCUT2D eigenvalue weighted by Crippen LogP contribution is -1.93. The van der Waals surface area contributed by atoms with Crippen LogP contribution in [0, 0.1) is 17.0 Å². The Hall–Kier alpha value is -0.510. The van der Waals surface area contributed by atoms with Crippen molar-refractivity contribution in [1.29, 1.82) is 0 Å². The summed E-state index contributed by atoms with van der Waals surface area (Å²) in [5.74, 6) is 0. The zero-order valence-corrected chi connectivity index (χ0v) is 8.74. The second-order valence-corrected chi connectivity index (χ2v) is 3.57. The Morgan fingerprint density at radius 1 is 1.31 bits per heavy atom. The van der Waals surface area contributed by atoms with Gasteiger partial charge in [-0.05, 0) is 13.0 Å². The van der Waals surface area contributed by atoms with Crippen LogP contribution in [0.25, 0.3) is 0 Å². The van der Waals surface area contributed by atoms with Crippen molar-refractivity contribution in [2.75, 3.05) is 0 Å². The standard InChI is InChI=1S/C7H4Cl3NO2/c1-3-2-4(8)5(9)6(10)7(3)11(12)13/h2H,1H3. The van der Waals surface area contributed by atoms with Crippen LogP contribution >= 0.6 is 34.8 Å². The lowest BCUT2D eigenvalue weighted by atomic mass is 10.2. The number of nitro benzene ring substituents is 1. The quantitative estimate of drug-likeness (QED) is 0.425. The summed E-state index contributed by atoms with van der Waals surface area (Å²) in [6.45, 7) is 1.55. The van der Waals surface area contributed by atoms with E-state index >= 15 is 0 Å². The van der Waals surface area contributed by atoms with Crippen LogP contribution in [0.5, 0.6) is 0 Å². The van der Waals surface area contributed by atoms with Crippen LogP contribution in [0.2, 0.25) is 15.1 Å². The SMILES string of the molecule is Cc1cc(Cl)c(Cl)c(Cl)c1[N+](=O)[O-]. The maximum atomic E-state index is 10.5. The van der Waals surface area contributed by atoms with Crippen LogP contribution in [0.4, 0.5) is 5.69 Å².